The van der Waals surface area contributed by atoms with E-state index < -0.39 is 0 Å². The molecule has 15 heavy (non-hydrogen) atoms. The van der Waals surface area contributed by atoms with Gasteiger partial charge in [0.15, 0.2) is 0 Å². The van der Waals surface area contributed by atoms with Crippen LogP contribution in [-0.2, 0) is 4.74 Å². The molecule has 0 bridgehead atoms. The van der Waals surface area contributed by atoms with Crippen molar-refractivity contribution in [3.63, 3.8) is 0 Å². The Balaban J connectivity index is 2.42. The number of likely N-dealkylation sites (N-methyl/N-ethyl adjacent to an activating group) is 1. The van der Waals surface area contributed by atoms with Crippen LogP contribution in [-0.4, -0.2) is 50.8 Å². The van der Waals surface area contributed by atoms with Gasteiger partial charge in [-0.1, -0.05) is 13.8 Å². The lowest BCUT2D eigenvalue weighted by atomic mass is 9.88. The molecule has 0 unspecified atom stereocenters. The predicted octanol–water partition coefficient (Wildman–Crippen LogP) is 1.34. The van der Waals surface area contributed by atoms with E-state index in [0.29, 0.717) is 5.54 Å². The largest absolute Gasteiger partial charge is 0.381 e. The second-order valence-electron chi connectivity index (χ2n) is 5.26. The molecule has 1 aliphatic rings. The van der Waals surface area contributed by atoms with Gasteiger partial charge in [-0.15, -0.1) is 0 Å². The fourth-order valence-electron chi connectivity index (χ4n) is 2.13. The van der Waals surface area contributed by atoms with Gasteiger partial charge >= 0.3 is 0 Å². The van der Waals surface area contributed by atoms with Crippen molar-refractivity contribution in [2.24, 2.45) is 5.92 Å². The summed E-state index contributed by atoms with van der Waals surface area (Å²) in [7, 11) is 4.37. The maximum absolute atomic E-state index is 5.45. The Labute approximate surface area is 94.2 Å². The van der Waals surface area contributed by atoms with Crippen LogP contribution in [0.5, 0.6) is 0 Å². The van der Waals surface area contributed by atoms with E-state index >= 15 is 0 Å². The molecule has 1 fully saturated rings. The van der Waals surface area contributed by atoms with Gasteiger partial charge in [0.05, 0.1) is 0 Å². The van der Waals surface area contributed by atoms with Crippen LogP contribution in [0.25, 0.3) is 0 Å². The first kappa shape index (κ1) is 12.9. The van der Waals surface area contributed by atoms with Crippen LogP contribution in [0.4, 0.5) is 0 Å². The minimum absolute atomic E-state index is 0.313. The summed E-state index contributed by atoms with van der Waals surface area (Å²) in [6.07, 6.45) is 2.29. The summed E-state index contributed by atoms with van der Waals surface area (Å²) in [5.74, 6) is 0.726. The zero-order chi connectivity index (χ0) is 11.3. The van der Waals surface area contributed by atoms with Gasteiger partial charge in [0.25, 0.3) is 0 Å². The fraction of sp³-hybridized carbons (Fsp3) is 1.00. The zero-order valence-electron chi connectivity index (χ0n) is 10.7. The highest BCUT2D eigenvalue weighted by molar-refractivity contribution is 4.92. The van der Waals surface area contributed by atoms with E-state index in [9.17, 15) is 0 Å². The van der Waals surface area contributed by atoms with Crippen molar-refractivity contribution in [2.45, 2.75) is 32.2 Å². The quantitative estimate of drug-likeness (QED) is 0.747. The van der Waals surface area contributed by atoms with E-state index in [2.05, 4.69) is 38.2 Å². The Hall–Kier alpha value is -0.120. The van der Waals surface area contributed by atoms with Gasteiger partial charge in [0, 0.05) is 25.3 Å². The molecule has 0 aliphatic carbocycles. The van der Waals surface area contributed by atoms with E-state index in [-0.39, 0.29) is 0 Å². The number of ether oxygens (including phenoxy) is 1. The highest BCUT2D eigenvalue weighted by Crippen LogP contribution is 2.24. The molecule has 0 saturated carbocycles. The van der Waals surface area contributed by atoms with E-state index in [1.54, 1.807) is 0 Å². The molecule has 0 spiro atoms. The molecule has 0 atom stereocenters. The number of nitrogens with one attached hydrogen (secondary N) is 1. The SMILES string of the molecule is CC(C)CNCC1(N(C)C)CCOCC1. The molecule has 0 aromatic carbocycles. The van der Waals surface area contributed by atoms with Crippen LogP contribution in [0.15, 0.2) is 0 Å². The molecule has 90 valence electrons. The van der Waals surface area contributed by atoms with Gasteiger partial charge in [0.1, 0.15) is 0 Å². The average Bonchev–Trinajstić information content (AvgIpc) is 2.18. The number of hydrogen-bond donors (Lipinski definition) is 1. The van der Waals surface area contributed by atoms with Gasteiger partial charge in [0.2, 0.25) is 0 Å². The second kappa shape index (κ2) is 5.83. The third-order valence-corrected chi connectivity index (χ3v) is 3.38. The minimum atomic E-state index is 0.313. The molecule has 0 aromatic heterocycles. The topological polar surface area (TPSA) is 24.5 Å². The summed E-state index contributed by atoms with van der Waals surface area (Å²) in [4.78, 5) is 2.36. The smallest absolute Gasteiger partial charge is 0.0484 e. The first-order valence-electron chi connectivity index (χ1n) is 6.03. The third-order valence-electron chi connectivity index (χ3n) is 3.38. The highest BCUT2D eigenvalue weighted by atomic mass is 16.5. The van der Waals surface area contributed by atoms with Gasteiger partial charge in [-0.05, 0) is 39.4 Å². The summed E-state index contributed by atoms with van der Waals surface area (Å²) >= 11 is 0. The van der Waals surface area contributed by atoms with E-state index in [1.807, 2.05) is 0 Å². The molecule has 0 amide bonds. The fourth-order valence-corrected chi connectivity index (χ4v) is 2.13. The van der Waals surface area contributed by atoms with Crippen molar-refractivity contribution in [3.8, 4) is 0 Å². The Bertz CT molecular complexity index is 174. The average molecular weight is 214 g/mol. The maximum Gasteiger partial charge on any atom is 0.0484 e. The summed E-state index contributed by atoms with van der Waals surface area (Å²) in [6, 6.07) is 0. The molecule has 3 nitrogen and oxygen atoms in total. The Morgan fingerprint density at radius 3 is 2.33 bits per heavy atom. The Morgan fingerprint density at radius 1 is 1.27 bits per heavy atom. The second-order valence-corrected chi connectivity index (χ2v) is 5.26. The Morgan fingerprint density at radius 2 is 1.87 bits per heavy atom. The van der Waals surface area contributed by atoms with Gasteiger partial charge in [-0.3, -0.25) is 0 Å². The van der Waals surface area contributed by atoms with Crippen LogP contribution in [0.3, 0.4) is 0 Å². The lowest BCUT2D eigenvalue weighted by Gasteiger charge is -2.43. The molecule has 1 aliphatic heterocycles. The monoisotopic (exact) mass is 214 g/mol. The summed E-state index contributed by atoms with van der Waals surface area (Å²) in [5.41, 5.74) is 0.313. The lowest BCUT2D eigenvalue weighted by Crippen LogP contribution is -2.55. The van der Waals surface area contributed by atoms with Crippen molar-refractivity contribution >= 4 is 0 Å². The van der Waals surface area contributed by atoms with Crippen LogP contribution < -0.4 is 5.32 Å². The summed E-state index contributed by atoms with van der Waals surface area (Å²) in [6.45, 7) is 8.50. The third kappa shape index (κ3) is 3.74. The summed E-state index contributed by atoms with van der Waals surface area (Å²) < 4.78 is 5.45. The molecule has 1 saturated heterocycles. The van der Waals surface area contributed by atoms with Crippen molar-refractivity contribution < 1.29 is 4.74 Å². The maximum atomic E-state index is 5.45. The first-order chi connectivity index (χ1) is 7.07. The zero-order valence-corrected chi connectivity index (χ0v) is 10.7. The van der Waals surface area contributed by atoms with E-state index in [0.717, 1.165) is 45.1 Å². The molecule has 1 N–H and O–H groups in total. The van der Waals surface area contributed by atoms with Crippen molar-refractivity contribution in [2.75, 3.05) is 40.4 Å². The van der Waals surface area contributed by atoms with Crippen LogP contribution in [0.1, 0.15) is 26.7 Å². The highest BCUT2D eigenvalue weighted by Gasteiger charge is 2.34. The molecule has 0 radical (unpaired) electrons. The number of hydrogen-bond acceptors (Lipinski definition) is 3. The van der Waals surface area contributed by atoms with Crippen molar-refractivity contribution in [1.82, 2.24) is 10.2 Å². The van der Waals surface area contributed by atoms with E-state index in [4.69, 9.17) is 4.74 Å². The Kier molecular flexibility index (Phi) is 5.03. The molecule has 1 heterocycles. The normalized spacial score (nSPS) is 21.2. The molecule has 1 rings (SSSR count). The molecular formula is C12H26N2O. The van der Waals surface area contributed by atoms with Crippen molar-refractivity contribution in [3.05, 3.63) is 0 Å². The standard InChI is InChI=1S/C12H26N2O/c1-11(2)9-13-10-12(14(3)4)5-7-15-8-6-12/h11,13H,5-10H2,1-4H3. The molecular weight excluding hydrogens is 188 g/mol. The number of rotatable bonds is 5. The van der Waals surface area contributed by atoms with Gasteiger partial charge in [-0.2, -0.15) is 0 Å². The van der Waals surface area contributed by atoms with Gasteiger partial charge in [-0.25, -0.2) is 0 Å². The minimum Gasteiger partial charge on any atom is -0.381 e. The van der Waals surface area contributed by atoms with Crippen LogP contribution >= 0.6 is 0 Å². The van der Waals surface area contributed by atoms with Gasteiger partial charge < -0.3 is 15.0 Å². The van der Waals surface area contributed by atoms with Crippen LogP contribution in [0.2, 0.25) is 0 Å². The van der Waals surface area contributed by atoms with Crippen molar-refractivity contribution in [1.29, 1.82) is 0 Å². The number of nitrogens with zero attached hydrogens (tertiary/aromatic N) is 1. The predicted molar refractivity (Wildman–Crippen MR) is 64.2 cm³/mol. The van der Waals surface area contributed by atoms with Crippen LogP contribution in [0, 0.1) is 5.92 Å². The molecule has 0 aromatic rings. The first-order valence-corrected chi connectivity index (χ1v) is 6.03. The van der Waals surface area contributed by atoms with E-state index in [1.165, 1.54) is 0 Å². The lowest BCUT2D eigenvalue weighted by molar-refractivity contribution is -0.00720. The molecule has 3 heteroatoms. The summed E-state index contributed by atoms with van der Waals surface area (Å²) in [5, 5.41) is 3.58.